The smallest absolute Gasteiger partial charge is 0.249 e. The molecule has 2 heterocycles. The summed E-state index contributed by atoms with van der Waals surface area (Å²) >= 11 is 1.46. The average Bonchev–Trinajstić information content (AvgIpc) is 3.38. The monoisotopic (exact) mass is 385 g/mol. The van der Waals surface area contributed by atoms with E-state index in [0.29, 0.717) is 23.2 Å². The largest absolute Gasteiger partial charge is 0.495 e. The molecular weight excluding hydrogens is 362 g/mol. The lowest BCUT2D eigenvalue weighted by molar-refractivity contribution is -0.119. The summed E-state index contributed by atoms with van der Waals surface area (Å²) in [6.45, 7) is 0. The van der Waals surface area contributed by atoms with Gasteiger partial charge in [-0.3, -0.25) is 4.79 Å². The van der Waals surface area contributed by atoms with Gasteiger partial charge in [0.05, 0.1) is 23.5 Å². The van der Waals surface area contributed by atoms with Crippen LogP contribution in [0.15, 0.2) is 36.5 Å². The summed E-state index contributed by atoms with van der Waals surface area (Å²) in [6.07, 6.45) is 7.05. The van der Waals surface area contributed by atoms with Gasteiger partial charge < -0.3 is 19.7 Å². The number of aromatic hydroxyl groups is 1. The molecule has 0 spiro atoms. The summed E-state index contributed by atoms with van der Waals surface area (Å²) in [5, 5.41) is 13.9. The predicted molar refractivity (Wildman–Crippen MR) is 107 cm³/mol. The van der Waals surface area contributed by atoms with Crippen LogP contribution in [0.25, 0.3) is 10.2 Å². The maximum atomic E-state index is 13.1. The van der Waals surface area contributed by atoms with E-state index in [1.165, 1.54) is 30.2 Å². The summed E-state index contributed by atoms with van der Waals surface area (Å²) in [7, 11) is 1.55. The number of rotatable bonds is 6. The molecule has 142 valence electrons. The molecule has 6 nitrogen and oxygen atoms in total. The third kappa shape index (κ3) is 3.78. The molecule has 3 aromatic rings. The molecule has 1 fully saturated rings. The van der Waals surface area contributed by atoms with Crippen LogP contribution in [-0.4, -0.2) is 27.7 Å². The van der Waals surface area contributed by atoms with Crippen molar-refractivity contribution < 1.29 is 14.6 Å². The van der Waals surface area contributed by atoms with E-state index < -0.39 is 6.04 Å². The standard InChI is InChI=1S/C20H23N3O3S/c1-26-14-11-18(24)23(12-14)16(10-13-6-2-3-7-13)19(25)22-20-21-15-8-4-5-9-17(15)27-20/h4-5,8-9,11-13,16,24H,2-3,6-7,10H2,1H3,(H,21,22,25)/t16-/m0/s1. The Morgan fingerprint density at radius 1 is 1.41 bits per heavy atom. The second-order valence-corrected chi connectivity index (χ2v) is 8.05. The van der Waals surface area contributed by atoms with E-state index in [4.69, 9.17) is 4.74 Å². The van der Waals surface area contributed by atoms with Gasteiger partial charge in [0, 0.05) is 6.07 Å². The van der Waals surface area contributed by atoms with Crippen LogP contribution in [0.4, 0.5) is 5.13 Å². The van der Waals surface area contributed by atoms with E-state index in [-0.39, 0.29) is 11.8 Å². The van der Waals surface area contributed by atoms with E-state index in [0.717, 1.165) is 23.1 Å². The average molecular weight is 385 g/mol. The number of carbonyl (C=O) groups is 1. The SMILES string of the molecule is COc1cc(O)n([C@@H](CC2CCCC2)C(=O)Nc2nc3ccccc3s2)c1. The van der Waals surface area contributed by atoms with E-state index in [9.17, 15) is 9.90 Å². The van der Waals surface area contributed by atoms with Crippen molar-refractivity contribution in [3.63, 3.8) is 0 Å². The number of thiazole rings is 1. The maximum Gasteiger partial charge on any atom is 0.249 e. The minimum Gasteiger partial charge on any atom is -0.495 e. The third-order valence-corrected chi connectivity index (χ3v) is 6.18. The minimum absolute atomic E-state index is 0.0364. The number of para-hydroxylation sites is 1. The molecule has 2 N–H and O–H groups in total. The van der Waals surface area contributed by atoms with Crippen molar-refractivity contribution in [1.82, 2.24) is 9.55 Å². The summed E-state index contributed by atoms with van der Waals surface area (Å²) in [4.78, 5) is 17.6. The molecule has 1 aliphatic rings. The highest BCUT2D eigenvalue weighted by Gasteiger charge is 2.29. The lowest BCUT2D eigenvalue weighted by Gasteiger charge is -2.21. The number of ether oxygens (including phenoxy) is 1. The quantitative estimate of drug-likeness (QED) is 0.651. The van der Waals surface area contributed by atoms with Crippen LogP contribution >= 0.6 is 11.3 Å². The van der Waals surface area contributed by atoms with Crippen LogP contribution in [0, 0.1) is 5.92 Å². The lowest BCUT2D eigenvalue weighted by atomic mass is 9.97. The van der Waals surface area contributed by atoms with Gasteiger partial charge in [0.15, 0.2) is 11.0 Å². The van der Waals surface area contributed by atoms with Crippen LogP contribution in [-0.2, 0) is 4.79 Å². The molecular formula is C20H23N3O3S. The van der Waals surface area contributed by atoms with Gasteiger partial charge in [-0.05, 0) is 24.5 Å². The molecule has 1 aliphatic carbocycles. The summed E-state index contributed by atoms with van der Waals surface area (Å²) < 4.78 is 7.85. The highest BCUT2D eigenvalue weighted by Crippen LogP contribution is 2.36. The molecule has 0 aliphatic heterocycles. The molecule has 7 heteroatoms. The van der Waals surface area contributed by atoms with Gasteiger partial charge in [0.1, 0.15) is 11.8 Å². The number of aromatic nitrogens is 2. The number of nitrogens with zero attached hydrogens (tertiary/aromatic N) is 2. The van der Waals surface area contributed by atoms with E-state index in [1.54, 1.807) is 17.9 Å². The van der Waals surface area contributed by atoms with Crippen molar-refractivity contribution in [2.24, 2.45) is 5.92 Å². The zero-order chi connectivity index (χ0) is 18.8. The summed E-state index contributed by atoms with van der Waals surface area (Å²) in [6, 6.07) is 8.84. The zero-order valence-electron chi connectivity index (χ0n) is 15.2. The number of anilines is 1. The summed E-state index contributed by atoms with van der Waals surface area (Å²) in [5.74, 6) is 0.907. The molecule has 1 aromatic carbocycles. The van der Waals surface area contributed by atoms with Gasteiger partial charge in [-0.1, -0.05) is 49.2 Å². The van der Waals surface area contributed by atoms with Crippen molar-refractivity contribution >= 4 is 32.6 Å². The molecule has 0 saturated heterocycles. The maximum absolute atomic E-state index is 13.1. The van der Waals surface area contributed by atoms with Crippen LogP contribution in [0.1, 0.15) is 38.1 Å². The fourth-order valence-electron chi connectivity index (χ4n) is 3.83. The topological polar surface area (TPSA) is 76.4 Å². The van der Waals surface area contributed by atoms with Gasteiger partial charge in [0.25, 0.3) is 0 Å². The molecule has 0 radical (unpaired) electrons. The van der Waals surface area contributed by atoms with Crippen LogP contribution in [0.3, 0.4) is 0 Å². The van der Waals surface area contributed by atoms with Crippen molar-refractivity contribution in [2.75, 3.05) is 12.4 Å². The number of hydrogen-bond donors (Lipinski definition) is 2. The molecule has 1 saturated carbocycles. The van der Waals surface area contributed by atoms with Crippen molar-refractivity contribution in [3.8, 4) is 11.6 Å². The van der Waals surface area contributed by atoms with Gasteiger partial charge in [-0.2, -0.15) is 0 Å². The van der Waals surface area contributed by atoms with Crippen LogP contribution in [0.2, 0.25) is 0 Å². The fourth-order valence-corrected chi connectivity index (χ4v) is 4.70. The number of hydrogen-bond acceptors (Lipinski definition) is 5. The molecule has 2 aromatic heterocycles. The summed E-state index contributed by atoms with van der Waals surface area (Å²) in [5.41, 5.74) is 0.871. The first kappa shape index (κ1) is 17.9. The highest BCUT2D eigenvalue weighted by atomic mass is 32.1. The van der Waals surface area contributed by atoms with Crippen molar-refractivity contribution in [2.45, 2.75) is 38.1 Å². The Kier molecular flexibility index (Phi) is 5.03. The lowest BCUT2D eigenvalue weighted by Crippen LogP contribution is -2.27. The number of amides is 1. The van der Waals surface area contributed by atoms with E-state index in [2.05, 4.69) is 10.3 Å². The first-order valence-corrected chi connectivity index (χ1v) is 10.1. The fraction of sp³-hybridized carbons (Fsp3) is 0.400. The Morgan fingerprint density at radius 3 is 2.89 bits per heavy atom. The minimum atomic E-state index is -0.496. The van der Waals surface area contributed by atoms with Crippen molar-refractivity contribution in [1.29, 1.82) is 0 Å². The first-order valence-electron chi connectivity index (χ1n) is 9.25. The second kappa shape index (κ2) is 7.60. The van der Waals surface area contributed by atoms with E-state index in [1.807, 2.05) is 24.3 Å². The Labute approximate surface area is 161 Å². The van der Waals surface area contributed by atoms with Crippen LogP contribution in [0.5, 0.6) is 11.6 Å². The number of methoxy groups -OCH3 is 1. The third-order valence-electron chi connectivity index (χ3n) is 5.23. The number of carbonyl (C=O) groups excluding carboxylic acids is 1. The number of nitrogens with one attached hydrogen (secondary N) is 1. The van der Waals surface area contributed by atoms with Crippen molar-refractivity contribution in [3.05, 3.63) is 36.5 Å². The normalized spacial score (nSPS) is 15.9. The van der Waals surface area contributed by atoms with Gasteiger partial charge in [-0.25, -0.2) is 4.98 Å². The highest BCUT2D eigenvalue weighted by molar-refractivity contribution is 7.22. The zero-order valence-corrected chi connectivity index (χ0v) is 16.0. The Balaban J connectivity index is 1.59. The molecule has 0 bridgehead atoms. The van der Waals surface area contributed by atoms with Crippen LogP contribution < -0.4 is 10.1 Å². The molecule has 27 heavy (non-hydrogen) atoms. The second-order valence-electron chi connectivity index (χ2n) is 7.02. The molecule has 1 amide bonds. The Morgan fingerprint density at radius 2 is 2.19 bits per heavy atom. The first-order chi connectivity index (χ1) is 13.1. The molecule has 0 unspecified atom stereocenters. The van der Waals surface area contributed by atoms with E-state index >= 15 is 0 Å². The number of benzene rings is 1. The van der Waals surface area contributed by atoms with Gasteiger partial charge in [-0.15, -0.1) is 0 Å². The number of fused-ring (bicyclic) bond motifs is 1. The Bertz CT molecular complexity index is 910. The molecule has 4 rings (SSSR count). The Hall–Kier alpha value is -2.54. The van der Waals surface area contributed by atoms with Gasteiger partial charge in [0.2, 0.25) is 5.91 Å². The molecule has 1 atom stereocenters. The predicted octanol–water partition coefficient (Wildman–Crippen LogP) is 4.57. The van der Waals surface area contributed by atoms with Gasteiger partial charge >= 0.3 is 0 Å².